The van der Waals surface area contributed by atoms with Crippen LogP contribution in [-0.2, 0) is 9.84 Å². The van der Waals surface area contributed by atoms with Crippen LogP contribution in [0.5, 0.6) is 0 Å². The summed E-state index contributed by atoms with van der Waals surface area (Å²) in [5.74, 6) is 1.57. The van der Waals surface area contributed by atoms with E-state index in [0.29, 0.717) is 24.5 Å². The average molecular weight is 361 g/mol. The Bertz CT molecular complexity index is 469. The van der Waals surface area contributed by atoms with Gasteiger partial charge in [0.2, 0.25) is 0 Å². The standard InChI is InChI=1S/C17H36N4O2S/c1-5-24(22,23)13-10-19-17(18-4)20-14-16(15(2)3)21-11-8-6-7-9-12-21/h15-16H,5-14H2,1-4H3,(H2,18,19,20). The fourth-order valence-electron chi connectivity index (χ4n) is 3.10. The zero-order chi connectivity index (χ0) is 18.0. The summed E-state index contributed by atoms with van der Waals surface area (Å²) in [5.41, 5.74) is 0. The Labute approximate surface area is 148 Å². The second-order valence-corrected chi connectivity index (χ2v) is 9.35. The Hall–Kier alpha value is -0.820. The number of nitrogens with zero attached hydrogens (tertiary/aromatic N) is 2. The van der Waals surface area contributed by atoms with E-state index in [9.17, 15) is 8.42 Å². The van der Waals surface area contributed by atoms with Gasteiger partial charge < -0.3 is 10.6 Å². The molecule has 6 nitrogen and oxygen atoms in total. The Morgan fingerprint density at radius 3 is 2.25 bits per heavy atom. The maximum Gasteiger partial charge on any atom is 0.191 e. The molecule has 0 radical (unpaired) electrons. The van der Waals surface area contributed by atoms with Crippen LogP contribution in [0.4, 0.5) is 0 Å². The van der Waals surface area contributed by atoms with Crippen molar-refractivity contribution in [3.05, 3.63) is 0 Å². The van der Waals surface area contributed by atoms with Gasteiger partial charge in [-0.3, -0.25) is 9.89 Å². The van der Waals surface area contributed by atoms with Crippen molar-refractivity contribution in [2.24, 2.45) is 10.9 Å². The lowest BCUT2D eigenvalue weighted by atomic mass is 10.0. The summed E-state index contributed by atoms with van der Waals surface area (Å²) in [4.78, 5) is 6.81. The largest absolute Gasteiger partial charge is 0.355 e. The Balaban J connectivity index is 2.48. The predicted molar refractivity (Wildman–Crippen MR) is 102 cm³/mol. The minimum atomic E-state index is -2.94. The first-order valence-electron chi connectivity index (χ1n) is 9.28. The third-order valence-corrected chi connectivity index (χ3v) is 6.43. The third kappa shape index (κ3) is 7.83. The van der Waals surface area contributed by atoms with Crippen molar-refractivity contribution >= 4 is 15.8 Å². The molecule has 24 heavy (non-hydrogen) atoms. The molecule has 1 unspecified atom stereocenters. The second-order valence-electron chi connectivity index (χ2n) is 6.88. The van der Waals surface area contributed by atoms with E-state index in [-0.39, 0.29) is 11.5 Å². The highest BCUT2D eigenvalue weighted by atomic mass is 32.2. The Morgan fingerprint density at radius 2 is 1.75 bits per heavy atom. The van der Waals surface area contributed by atoms with Crippen molar-refractivity contribution in [3.63, 3.8) is 0 Å². The van der Waals surface area contributed by atoms with E-state index in [1.54, 1.807) is 14.0 Å². The van der Waals surface area contributed by atoms with E-state index in [4.69, 9.17) is 0 Å². The number of sulfone groups is 1. The summed E-state index contributed by atoms with van der Waals surface area (Å²) in [7, 11) is -1.22. The van der Waals surface area contributed by atoms with Gasteiger partial charge in [0.1, 0.15) is 0 Å². The molecule has 1 aliphatic rings. The summed E-state index contributed by atoms with van der Waals surface area (Å²) in [6.07, 6.45) is 5.24. The van der Waals surface area contributed by atoms with Crippen LogP contribution in [0.3, 0.4) is 0 Å². The minimum Gasteiger partial charge on any atom is -0.355 e. The van der Waals surface area contributed by atoms with Crippen molar-refractivity contribution in [2.75, 3.05) is 44.7 Å². The highest BCUT2D eigenvalue weighted by Crippen LogP contribution is 2.16. The molecule has 0 bridgehead atoms. The molecule has 142 valence electrons. The molecular formula is C17H36N4O2S. The van der Waals surface area contributed by atoms with Gasteiger partial charge in [-0.1, -0.05) is 33.6 Å². The van der Waals surface area contributed by atoms with Crippen LogP contribution in [0.15, 0.2) is 4.99 Å². The zero-order valence-electron chi connectivity index (χ0n) is 15.8. The summed E-state index contributed by atoms with van der Waals surface area (Å²) in [6, 6.07) is 0.473. The van der Waals surface area contributed by atoms with Gasteiger partial charge in [0.15, 0.2) is 15.8 Å². The highest BCUT2D eigenvalue weighted by Gasteiger charge is 2.22. The van der Waals surface area contributed by atoms with Gasteiger partial charge in [-0.2, -0.15) is 0 Å². The average Bonchev–Trinajstić information content (AvgIpc) is 2.82. The zero-order valence-corrected chi connectivity index (χ0v) is 16.7. The molecule has 1 rings (SSSR count). The molecule has 2 N–H and O–H groups in total. The van der Waals surface area contributed by atoms with Gasteiger partial charge in [-0.05, 0) is 31.8 Å². The monoisotopic (exact) mass is 360 g/mol. The highest BCUT2D eigenvalue weighted by molar-refractivity contribution is 7.91. The number of likely N-dealkylation sites (tertiary alicyclic amines) is 1. The van der Waals surface area contributed by atoms with Gasteiger partial charge in [0.25, 0.3) is 0 Å². The van der Waals surface area contributed by atoms with Crippen molar-refractivity contribution < 1.29 is 8.42 Å². The molecule has 1 heterocycles. The first-order valence-corrected chi connectivity index (χ1v) is 11.1. The molecule has 0 aromatic heterocycles. The maximum atomic E-state index is 11.6. The molecule has 1 saturated heterocycles. The van der Waals surface area contributed by atoms with Crippen LogP contribution in [0.25, 0.3) is 0 Å². The minimum absolute atomic E-state index is 0.143. The lowest BCUT2D eigenvalue weighted by molar-refractivity contribution is 0.161. The summed E-state index contributed by atoms with van der Waals surface area (Å²) < 4.78 is 23.1. The van der Waals surface area contributed by atoms with Crippen molar-refractivity contribution in [2.45, 2.75) is 52.5 Å². The van der Waals surface area contributed by atoms with E-state index >= 15 is 0 Å². The smallest absolute Gasteiger partial charge is 0.191 e. The summed E-state index contributed by atoms with van der Waals surface area (Å²) in [5, 5.41) is 6.49. The van der Waals surface area contributed by atoms with Gasteiger partial charge in [0, 0.05) is 31.9 Å². The number of guanidine groups is 1. The third-order valence-electron chi connectivity index (χ3n) is 4.73. The van der Waals surface area contributed by atoms with Crippen molar-refractivity contribution in [1.29, 1.82) is 0 Å². The van der Waals surface area contributed by atoms with E-state index in [1.165, 1.54) is 38.8 Å². The van der Waals surface area contributed by atoms with Crippen LogP contribution in [0, 0.1) is 5.92 Å². The molecule has 1 atom stereocenters. The molecule has 0 spiro atoms. The quantitative estimate of drug-likeness (QED) is 0.507. The normalized spacial score (nSPS) is 19.1. The molecule has 0 amide bonds. The Morgan fingerprint density at radius 1 is 1.12 bits per heavy atom. The SMILES string of the molecule is CCS(=O)(=O)CCNC(=NC)NCC(C(C)C)N1CCCCCC1. The fourth-order valence-corrected chi connectivity index (χ4v) is 3.81. The van der Waals surface area contributed by atoms with E-state index in [2.05, 4.69) is 34.4 Å². The maximum absolute atomic E-state index is 11.6. The molecule has 0 aliphatic carbocycles. The molecular weight excluding hydrogens is 324 g/mol. The number of aliphatic imine (C=N–C) groups is 1. The van der Waals surface area contributed by atoms with Crippen LogP contribution in [0.2, 0.25) is 0 Å². The summed E-state index contributed by atoms with van der Waals surface area (Å²) >= 11 is 0. The van der Waals surface area contributed by atoms with E-state index in [1.807, 2.05) is 0 Å². The number of rotatable bonds is 8. The van der Waals surface area contributed by atoms with Gasteiger partial charge in [-0.25, -0.2) is 8.42 Å². The molecule has 1 fully saturated rings. The van der Waals surface area contributed by atoms with Crippen LogP contribution < -0.4 is 10.6 Å². The topological polar surface area (TPSA) is 73.8 Å². The van der Waals surface area contributed by atoms with Crippen molar-refractivity contribution in [3.8, 4) is 0 Å². The molecule has 0 aromatic rings. The van der Waals surface area contributed by atoms with Crippen LogP contribution >= 0.6 is 0 Å². The van der Waals surface area contributed by atoms with Gasteiger partial charge in [-0.15, -0.1) is 0 Å². The first kappa shape index (κ1) is 21.2. The predicted octanol–water partition coefficient (Wildman–Crippen LogP) is 1.49. The van der Waals surface area contributed by atoms with Gasteiger partial charge >= 0.3 is 0 Å². The molecule has 7 heteroatoms. The van der Waals surface area contributed by atoms with Crippen LogP contribution in [-0.4, -0.2) is 70.1 Å². The lowest BCUT2D eigenvalue weighted by Crippen LogP contribution is -2.50. The van der Waals surface area contributed by atoms with E-state index in [0.717, 1.165) is 6.54 Å². The molecule has 0 aromatic carbocycles. The number of nitrogens with one attached hydrogen (secondary N) is 2. The van der Waals surface area contributed by atoms with Gasteiger partial charge in [0.05, 0.1) is 5.75 Å². The Kier molecular flexibility index (Phi) is 9.66. The fraction of sp³-hybridized carbons (Fsp3) is 0.941. The molecule has 0 saturated carbocycles. The molecule has 1 aliphatic heterocycles. The van der Waals surface area contributed by atoms with Crippen LogP contribution in [0.1, 0.15) is 46.5 Å². The van der Waals surface area contributed by atoms with E-state index < -0.39 is 9.84 Å². The summed E-state index contributed by atoms with van der Waals surface area (Å²) in [6.45, 7) is 9.78. The first-order chi connectivity index (χ1) is 11.4. The number of hydrogen-bond acceptors (Lipinski definition) is 4. The second kappa shape index (κ2) is 10.9. The van der Waals surface area contributed by atoms with Crippen molar-refractivity contribution in [1.82, 2.24) is 15.5 Å². The lowest BCUT2D eigenvalue weighted by Gasteiger charge is -2.34. The number of hydrogen-bond donors (Lipinski definition) is 2.